The topological polar surface area (TPSA) is 23.6 Å². The molecule has 0 saturated heterocycles. The van der Waals surface area contributed by atoms with Crippen LogP contribution in [-0.4, -0.2) is 26.5 Å². The molecule has 0 radical (unpaired) electrons. The highest BCUT2D eigenvalue weighted by molar-refractivity contribution is 6.35. The molecule has 0 N–H and O–H groups in total. The molecule has 3 heteroatoms. The third-order valence-electron chi connectivity index (χ3n) is 4.00. The second-order valence-corrected chi connectivity index (χ2v) is 5.61. The van der Waals surface area contributed by atoms with Crippen molar-refractivity contribution in [1.29, 1.82) is 0 Å². The second kappa shape index (κ2) is 5.68. The van der Waals surface area contributed by atoms with E-state index in [-0.39, 0.29) is 5.91 Å². The average Bonchev–Trinajstić information content (AvgIpc) is 2.80. The fraction of sp³-hybridized carbons (Fsp3) is 0.211. The van der Waals surface area contributed by atoms with Crippen LogP contribution >= 0.6 is 0 Å². The molecular formula is C19H20N2O. The highest BCUT2D eigenvalue weighted by Gasteiger charge is 2.30. The van der Waals surface area contributed by atoms with Crippen LogP contribution < -0.4 is 9.80 Å². The molecule has 1 aliphatic rings. The Morgan fingerprint density at radius 2 is 1.73 bits per heavy atom. The maximum atomic E-state index is 12.6. The molecule has 2 aromatic carbocycles. The summed E-state index contributed by atoms with van der Waals surface area (Å²) < 4.78 is 0. The van der Waals surface area contributed by atoms with Gasteiger partial charge in [-0.1, -0.05) is 30.3 Å². The van der Waals surface area contributed by atoms with E-state index in [0.29, 0.717) is 6.54 Å². The summed E-state index contributed by atoms with van der Waals surface area (Å²) in [5.41, 5.74) is 4.99. The summed E-state index contributed by atoms with van der Waals surface area (Å²) >= 11 is 0. The number of benzene rings is 2. The number of nitrogens with zero attached hydrogens (tertiary/aromatic N) is 2. The Morgan fingerprint density at radius 3 is 2.36 bits per heavy atom. The van der Waals surface area contributed by atoms with Crippen molar-refractivity contribution in [1.82, 2.24) is 0 Å². The van der Waals surface area contributed by atoms with Gasteiger partial charge < -0.3 is 9.80 Å². The van der Waals surface area contributed by atoms with Gasteiger partial charge >= 0.3 is 0 Å². The molecule has 112 valence electrons. The molecule has 1 heterocycles. The fourth-order valence-corrected chi connectivity index (χ4v) is 2.80. The molecule has 1 aliphatic heterocycles. The van der Waals surface area contributed by atoms with Crippen molar-refractivity contribution in [3.63, 3.8) is 0 Å². The zero-order valence-electron chi connectivity index (χ0n) is 13.2. The monoisotopic (exact) mass is 292 g/mol. The molecule has 0 bridgehead atoms. The first kappa shape index (κ1) is 14.4. The maximum Gasteiger partial charge on any atom is 0.258 e. The van der Waals surface area contributed by atoms with Crippen molar-refractivity contribution in [3.05, 3.63) is 59.7 Å². The van der Waals surface area contributed by atoms with Crippen molar-refractivity contribution < 1.29 is 4.79 Å². The van der Waals surface area contributed by atoms with Gasteiger partial charge in [0.15, 0.2) is 0 Å². The van der Waals surface area contributed by atoms with Crippen LogP contribution in [0.4, 0.5) is 11.4 Å². The van der Waals surface area contributed by atoms with E-state index in [9.17, 15) is 4.79 Å². The fourth-order valence-electron chi connectivity index (χ4n) is 2.80. The summed E-state index contributed by atoms with van der Waals surface area (Å²) in [6.07, 6.45) is 1.98. The molecular weight excluding hydrogens is 272 g/mol. The van der Waals surface area contributed by atoms with E-state index in [0.717, 1.165) is 28.1 Å². The zero-order valence-corrected chi connectivity index (χ0v) is 13.2. The summed E-state index contributed by atoms with van der Waals surface area (Å²) in [5.74, 6) is 0.0837. The predicted molar refractivity (Wildman–Crippen MR) is 93.1 cm³/mol. The average molecular weight is 292 g/mol. The van der Waals surface area contributed by atoms with Crippen LogP contribution in [-0.2, 0) is 4.79 Å². The molecule has 0 aromatic heterocycles. The Labute approximate surface area is 131 Å². The van der Waals surface area contributed by atoms with E-state index < -0.39 is 0 Å². The first-order valence-electron chi connectivity index (χ1n) is 7.52. The lowest BCUT2D eigenvalue weighted by Gasteiger charge is -2.13. The van der Waals surface area contributed by atoms with Crippen molar-refractivity contribution in [2.24, 2.45) is 0 Å². The summed E-state index contributed by atoms with van der Waals surface area (Å²) in [6.45, 7) is 2.69. The van der Waals surface area contributed by atoms with E-state index in [2.05, 4.69) is 17.0 Å². The number of carbonyl (C=O) groups is 1. The number of likely N-dealkylation sites (N-methyl/N-ethyl adjacent to an activating group) is 1. The Balaban J connectivity index is 2.02. The smallest absolute Gasteiger partial charge is 0.258 e. The standard InChI is InChI=1S/C19H20N2O/c1-4-21-18-8-6-5-7-16(18)17(19(21)22)13-14-9-11-15(12-10-14)20(2)3/h5-13H,4H2,1-3H3/b17-13-. The minimum atomic E-state index is 0.0837. The number of amides is 1. The molecule has 3 nitrogen and oxygen atoms in total. The van der Waals surface area contributed by atoms with Gasteiger partial charge in [0, 0.05) is 37.5 Å². The number of fused-ring (bicyclic) bond motifs is 1. The van der Waals surface area contributed by atoms with Crippen LogP contribution in [0.3, 0.4) is 0 Å². The van der Waals surface area contributed by atoms with Gasteiger partial charge in [-0.3, -0.25) is 4.79 Å². The van der Waals surface area contributed by atoms with Crippen molar-refractivity contribution in [2.45, 2.75) is 6.92 Å². The number of rotatable bonds is 3. The third kappa shape index (κ3) is 2.39. The Kier molecular flexibility index (Phi) is 3.72. The molecule has 0 saturated carbocycles. The van der Waals surface area contributed by atoms with Gasteiger partial charge in [0.05, 0.1) is 5.69 Å². The number of hydrogen-bond donors (Lipinski definition) is 0. The quantitative estimate of drug-likeness (QED) is 0.806. The highest BCUT2D eigenvalue weighted by atomic mass is 16.2. The first-order valence-corrected chi connectivity index (χ1v) is 7.52. The minimum absolute atomic E-state index is 0.0837. The van der Waals surface area contributed by atoms with Crippen LogP contribution in [0, 0.1) is 0 Å². The SMILES string of the molecule is CCN1C(=O)/C(=C\c2ccc(N(C)C)cc2)c2ccccc21. The third-order valence-corrected chi connectivity index (χ3v) is 4.00. The van der Waals surface area contributed by atoms with E-state index >= 15 is 0 Å². The van der Waals surface area contributed by atoms with Crippen LogP contribution in [0.5, 0.6) is 0 Å². The normalized spacial score (nSPS) is 15.3. The molecule has 0 fully saturated rings. The number of carbonyl (C=O) groups excluding carboxylic acids is 1. The van der Waals surface area contributed by atoms with Gasteiger partial charge in [0.1, 0.15) is 0 Å². The van der Waals surface area contributed by atoms with Crippen LogP contribution in [0.2, 0.25) is 0 Å². The molecule has 0 atom stereocenters. The Morgan fingerprint density at radius 1 is 1.05 bits per heavy atom. The van der Waals surface area contributed by atoms with Crippen molar-refractivity contribution in [2.75, 3.05) is 30.4 Å². The van der Waals surface area contributed by atoms with E-state index in [1.807, 2.05) is 68.4 Å². The van der Waals surface area contributed by atoms with Crippen LogP contribution in [0.1, 0.15) is 18.1 Å². The van der Waals surface area contributed by atoms with Gasteiger partial charge in [-0.15, -0.1) is 0 Å². The predicted octanol–water partition coefficient (Wildman–Crippen LogP) is 3.66. The van der Waals surface area contributed by atoms with Crippen LogP contribution in [0.15, 0.2) is 48.5 Å². The number of hydrogen-bond acceptors (Lipinski definition) is 2. The molecule has 22 heavy (non-hydrogen) atoms. The van der Waals surface area contributed by atoms with E-state index in [4.69, 9.17) is 0 Å². The molecule has 0 unspecified atom stereocenters. The van der Waals surface area contributed by atoms with Gasteiger partial charge in [-0.2, -0.15) is 0 Å². The summed E-state index contributed by atoms with van der Waals surface area (Å²) in [7, 11) is 4.03. The van der Waals surface area contributed by atoms with Gasteiger partial charge in [0.2, 0.25) is 0 Å². The van der Waals surface area contributed by atoms with Crippen molar-refractivity contribution in [3.8, 4) is 0 Å². The largest absolute Gasteiger partial charge is 0.378 e. The highest BCUT2D eigenvalue weighted by Crippen LogP contribution is 2.37. The summed E-state index contributed by atoms with van der Waals surface area (Å²) in [4.78, 5) is 16.5. The Hall–Kier alpha value is -2.55. The Bertz CT molecular complexity index is 729. The lowest BCUT2D eigenvalue weighted by molar-refractivity contribution is -0.112. The van der Waals surface area contributed by atoms with Gasteiger partial charge in [-0.05, 0) is 36.8 Å². The molecule has 3 rings (SSSR count). The van der Waals surface area contributed by atoms with Gasteiger partial charge in [-0.25, -0.2) is 0 Å². The number of para-hydroxylation sites is 1. The molecule has 0 spiro atoms. The van der Waals surface area contributed by atoms with Crippen LogP contribution in [0.25, 0.3) is 11.6 Å². The van der Waals surface area contributed by atoms with Crippen molar-refractivity contribution >= 4 is 28.9 Å². The molecule has 0 aliphatic carbocycles. The molecule has 2 aromatic rings. The minimum Gasteiger partial charge on any atom is -0.378 e. The second-order valence-electron chi connectivity index (χ2n) is 5.61. The maximum absolute atomic E-state index is 12.6. The zero-order chi connectivity index (χ0) is 15.7. The van der Waals surface area contributed by atoms with E-state index in [1.165, 1.54) is 0 Å². The van der Waals surface area contributed by atoms with Gasteiger partial charge in [0.25, 0.3) is 5.91 Å². The van der Waals surface area contributed by atoms with E-state index in [1.54, 1.807) is 0 Å². The first-order chi connectivity index (χ1) is 10.6. The lowest BCUT2D eigenvalue weighted by Crippen LogP contribution is -2.25. The number of anilines is 2. The lowest BCUT2D eigenvalue weighted by atomic mass is 10.0. The molecule has 1 amide bonds. The summed E-state index contributed by atoms with van der Waals surface area (Å²) in [6, 6.07) is 16.2. The summed E-state index contributed by atoms with van der Waals surface area (Å²) in [5, 5.41) is 0.